The lowest BCUT2D eigenvalue weighted by Crippen LogP contribution is -2.32. The van der Waals surface area contributed by atoms with Gasteiger partial charge in [0, 0.05) is 27.7 Å². The fraction of sp³-hybridized carbons (Fsp3) is 0.182. The Morgan fingerprint density at radius 3 is 2.22 bits per heavy atom. The van der Waals surface area contributed by atoms with Gasteiger partial charge in [0.05, 0.1) is 0 Å². The first kappa shape index (κ1) is 25.4. The Kier molecular flexibility index (Phi) is 5.41. The lowest BCUT2D eigenvalue weighted by molar-refractivity contribution is 0.327. The molecule has 0 N–H and O–H groups in total. The summed E-state index contributed by atoms with van der Waals surface area (Å²) in [5, 5.41) is 2.36. The van der Waals surface area contributed by atoms with E-state index >= 15 is 0 Å². The van der Waals surface area contributed by atoms with Gasteiger partial charge in [-0.15, -0.1) is 0 Å². The SMILES string of the molecule is c1ccc(-c2cccc(C(c3ccc4c(c3)C3(CC5CCC3C5)c3ccccc3-4)c3cccc4c3oc3ccccc34)c2)cc1. The van der Waals surface area contributed by atoms with E-state index in [9.17, 15) is 0 Å². The molecule has 216 valence electrons. The maximum Gasteiger partial charge on any atom is 0.139 e. The standard InChI is InChI=1S/C44H34O/c1-2-10-29(11-3-1)30-12-8-13-31(25-30)42(38-17-9-16-37-36-15-5-7-19-41(36)45-43(37)38)32-21-23-35-34-14-4-6-18-39(34)44(40(35)26-32)27-28-20-22-33(44)24-28/h1-19,21,23,25-26,28,33,42H,20,22,24,27H2. The Bertz CT molecular complexity index is 2260. The quantitative estimate of drug-likeness (QED) is 0.189. The smallest absolute Gasteiger partial charge is 0.139 e. The van der Waals surface area contributed by atoms with Gasteiger partial charge in [-0.05, 0) is 81.7 Å². The maximum absolute atomic E-state index is 6.70. The second-order valence-corrected chi connectivity index (χ2v) is 13.6. The van der Waals surface area contributed by atoms with Gasteiger partial charge in [0.2, 0.25) is 0 Å². The van der Waals surface area contributed by atoms with Crippen molar-refractivity contribution in [2.75, 3.05) is 0 Å². The zero-order valence-corrected chi connectivity index (χ0v) is 25.2. The van der Waals surface area contributed by atoms with Crippen LogP contribution in [-0.2, 0) is 5.41 Å². The highest BCUT2D eigenvalue weighted by molar-refractivity contribution is 6.06. The summed E-state index contributed by atoms with van der Waals surface area (Å²) in [4.78, 5) is 0. The molecule has 0 amide bonds. The Hall–Kier alpha value is -4.88. The van der Waals surface area contributed by atoms with E-state index in [2.05, 4.69) is 140 Å². The van der Waals surface area contributed by atoms with E-state index < -0.39 is 0 Å². The van der Waals surface area contributed by atoms with Crippen molar-refractivity contribution in [1.82, 2.24) is 0 Å². The van der Waals surface area contributed by atoms with Gasteiger partial charge in [-0.25, -0.2) is 0 Å². The molecule has 45 heavy (non-hydrogen) atoms. The van der Waals surface area contributed by atoms with Gasteiger partial charge in [0.1, 0.15) is 11.2 Å². The van der Waals surface area contributed by atoms with Gasteiger partial charge >= 0.3 is 0 Å². The van der Waals surface area contributed by atoms with Gasteiger partial charge in [-0.1, -0.05) is 140 Å². The van der Waals surface area contributed by atoms with Crippen molar-refractivity contribution in [1.29, 1.82) is 0 Å². The molecule has 2 fully saturated rings. The third-order valence-electron chi connectivity index (χ3n) is 11.5. The molecule has 6 aromatic carbocycles. The summed E-state index contributed by atoms with van der Waals surface area (Å²) in [5.41, 5.74) is 14.5. The number of benzene rings is 6. The van der Waals surface area contributed by atoms with Crippen LogP contribution in [0.2, 0.25) is 0 Å². The van der Waals surface area contributed by atoms with Crippen LogP contribution < -0.4 is 0 Å². The van der Waals surface area contributed by atoms with Crippen LogP contribution in [0.1, 0.15) is 59.4 Å². The third kappa shape index (κ3) is 3.61. The molecular weight excluding hydrogens is 544 g/mol. The van der Waals surface area contributed by atoms with Crippen LogP contribution in [0.15, 0.2) is 144 Å². The summed E-state index contributed by atoms with van der Waals surface area (Å²) < 4.78 is 6.70. The maximum atomic E-state index is 6.70. The van der Waals surface area contributed by atoms with Gasteiger partial charge < -0.3 is 4.42 Å². The molecule has 3 aliphatic carbocycles. The van der Waals surface area contributed by atoms with E-state index in [1.165, 1.54) is 75.4 Å². The van der Waals surface area contributed by atoms with Gasteiger partial charge in [0.25, 0.3) is 0 Å². The van der Waals surface area contributed by atoms with E-state index in [1.54, 1.807) is 11.1 Å². The average molecular weight is 579 g/mol. The Morgan fingerprint density at radius 1 is 0.578 bits per heavy atom. The van der Waals surface area contributed by atoms with Crippen LogP contribution >= 0.6 is 0 Å². The second-order valence-electron chi connectivity index (χ2n) is 13.6. The fourth-order valence-electron chi connectivity index (χ4n) is 9.66. The molecule has 4 unspecified atom stereocenters. The van der Waals surface area contributed by atoms with Gasteiger partial charge in [0.15, 0.2) is 0 Å². The minimum absolute atomic E-state index is 0.0302. The van der Waals surface area contributed by atoms with E-state index in [0.717, 1.165) is 23.0 Å². The molecule has 0 aliphatic heterocycles. The van der Waals surface area contributed by atoms with Crippen LogP contribution in [0.5, 0.6) is 0 Å². The summed E-state index contributed by atoms with van der Waals surface area (Å²) in [7, 11) is 0. The van der Waals surface area contributed by atoms with E-state index in [-0.39, 0.29) is 11.3 Å². The zero-order chi connectivity index (χ0) is 29.5. The molecule has 1 spiro atoms. The Balaban J connectivity index is 1.22. The second kappa shape index (κ2) is 9.56. The summed E-state index contributed by atoms with van der Waals surface area (Å²) >= 11 is 0. The highest BCUT2D eigenvalue weighted by Crippen LogP contribution is 2.65. The van der Waals surface area contributed by atoms with Crippen molar-refractivity contribution < 1.29 is 4.42 Å². The number of furan rings is 1. The highest BCUT2D eigenvalue weighted by atomic mass is 16.3. The molecule has 2 bridgehead atoms. The van der Waals surface area contributed by atoms with Crippen LogP contribution in [0.3, 0.4) is 0 Å². The van der Waals surface area contributed by atoms with Crippen molar-refractivity contribution in [2.45, 2.75) is 37.0 Å². The summed E-state index contributed by atoms with van der Waals surface area (Å²) in [5.74, 6) is 1.61. The number of hydrogen-bond donors (Lipinski definition) is 0. The number of rotatable bonds is 4. The van der Waals surface area contributed by atoms with Crippen molar-refractivity contribution in [3.63, 3.8) is 0 Å². The predicted octanol–water partition coefficient (Wildman–Crippen LogP) is 11.5. The summed E-state index contributed by atoms with van der Waals surface area (Å²) in [6.07, 6.45) is 5.41. The molecule has 1 nitrogen and oxygen atoms in total. The van der Waals surface area contributed by atoms with Crippen molar-refractivity contribution in [3.05, 3.63) is 167 Å². The molecule has 2 saturated carbocycles. The van der Waals surface area contributed by atoms with Crippen LogP contribution in [0, 0.1) is 11.8 Å². The van der Waals surface area contributed by atoms with Crippen LogP contribution in [-0.4, -0.2) is 0 Å². The number of hydrogen-bond acceptors (Lipinski definition) is 1. The monoisotopic (exact) mass is 578 g/mol. The van der Waals surface area contributed by atoms with Gasteiger partial charge in [-0.2, -0.15) is 0 Å². The number of fused-ring (bicyclic) bond motifs is 11. The average Bonchev–Trinajstić information content (AvgIpc) is 3.88. The highest BCUT2D eigenvalue weighted by Gasteiger charge is 2.56. The summed E-state index contributed by atoms with van der Waals surface area (Å²) in [6.45, 7) is 0. The van der Waals surface area contributed by atoms with Crippen molar-refractivity contribution in [2.24, 2.45) is 11.8 Å². The minimum atomic E-state index is 0.0302. The van der Waals surface area contributed by atoms with E-state index in [4.69, 9.17) is 4.42 Å². The third-order valence-corrected chi connectivity index (χ3v) is 11.5. The first-order valence-corrected chi connectivity index (χ1v) is 16.6. The Morgan fingerprint density at radius 2 is 1.33 bits per heavy atom. The normalized spacial score (nSPS) is 21.9. The van der Waals surface area contributed by atoms with E-state index in [1.807, 2.05) is 0 Å². The molecule has 1 heterocycles. The fourth-order valence-corrected chi connectivity index (χ4v) is 9.66. The molecule has 0 saturated heterocycles. The molecule has 0 radical (unpaired) electrons. The predicted molar refractivity (Wildman–Crippen MR) is 185 cm³/mol. The van der Waals surface area contributed by atoms with Crippen molar-refractivity contribution >= 4 is 21.9 Å². The minimum Gasteiger partial charge on any atom is -0.456 e. The van der Waals surface area contributed by atoms with Crippen molar-refractivity contribution in [3.8, 4) is 22.3 Å². The van der Waals surface area contributed by atoms with Crippen LogP contribution in [0.4, 0.5) is 0 Å². The summed E-state index contributed by atoms with van der Waals surface area (Å²) in [6, 6.07) is 51.9. The Labute approximate surface area is 264 Å². The zero-order valence-electron chi connectivity index (χ0n) is 25.2. The lowest BCUT2D eigenvalue weighted by atomic mass is 9.66. The first-order valence-electron chi connectivity index (χ1n) is 16.6. The van der Waals surface area contributed by atoms with E-state index in [0.29, 0.717) is 0 Å². The van der Waals surface area contributed by atoms with Gasteiger partial charge in [-0.3, -0.25) is 0 Å². The molecule has 1 heteroatoms. The first-order chi connectivity index (χ1) is 22.3. The molecule has 7 aromatic rings. The molecule has 1 aromatic heterocycles. The molecular formula is C44H34O. The molecule has 10 rings (SSSR count). The van der Waals surface area contributed by atoms with Crippen LogP contribution in [0.25, 0.3) is 44.2 Å². The lowest BCUT2D eigenvalue weighted by Gasteiger charge is -2.37. The molecule has 4 atom stereocenters. The number of para-hydroxylation sites is 2. The largest absolute Gasteiger partial charge is 0.456 e. The molecule has 3 aliphatic rings. The topological polar surface area (TPSA) is 13.1 Å².